The lowest BCUT2D eigenvalue weighted by atomic mass is 9.92. The summed E-state index contributed by atoms with van der Waals surface area (Å²) in [6.07, 6.45) is 1.67. The normalized spacial score (nSPS) is 16.6. The third-order valence-electron chi connectivity index (χ3n) is 1.40. The van der Waals surface area contributed by atoms with E-state index in [2.05, 4.69) is 15.0 Å². The first-order valence-electron chi connectivity index (χ1n) is 3.40. The minimum absolute atomic E-state index is 0.0318. The molecular weight excluding hydrogens is 140 g/mol. The Kier molecular flexibility index (Phi) is 1.71. The highest BCUT2D eigenvalue weighted by Crippen LogP contribution is 2.28. The van der Waals surface area contributed by atoms with E-state index in [0.29, 0.717) is 0 Å². The molecule has 1 heterocycles. The van der Waals surface area contributed by atoms with E-state index in [0.717, 1.165) is 5.70 Å². The smallest absolute Gasteiger partial charge is 0.428 e. The lowest BCUT2D eigenvalue weighted by Gasteiger charge is -2.13. The van der Waals surface area contributed by atoms with Crippen LogP contribution in [0.4, 0.5) is 0 Å². The van der Waals surface area contributed by atoms with Crippen LogP contribution in [-0.2, 0) is 0 Å². The molecule has 0 aromatic rings. The first kappa shape index (κ1) is 7.82. The highest BCUT2D eigenvalue weighted by atomic mass is 15.2. The van der Waals surface area contributed by atoms with Crippen LogP contribution in [0.3, 0.4) is 0 Å². The van der Waals surface area contributed by atoms with Gasteiger partial charge in [-0.3, -0.25) is 0 Å². The van der Waals surface area contributed by atoms with Gasteiger partial charge in [-0.15, -0.1) is 0 Å². The van der Waals surface area contributed by atoms with Gasteiger partial charge < -0.3 is 10.3 Å². The molecule has 58 valence electrons. The van der Waals surface area contributed by atoms with Gasteiger partial charge in [0, 0.05) is 5.41 Å². The molecule has 0 saturated heterocycles. The van der Waals surface area contributed by atoms with Gasteiger partial charge in [0.1, 0.15) is 5.70 Å². The van der Waals surface area contributed by atoms with Gasteiger partial charge in [0.25, 0.3) is 0 Å². The van der Waals surface area contributed by atoms with Crippen LogP contribution in [-0.4, -0.2) is 10.6 Å². The summed E-state index contributed by atoms with van der Waals surface area (Å²) in [6, 6.07) is 0. The molecule has 1 rings (SSSR count). The number of hydrogen-bond donors (Lipinski definition) is 0. The molecule has 1 aliphatic heterocycles. The highest BCUT2D eigenvalue weighted by Gasteiger charge is 2.26. The van der Waals surface area contributed by atoms with Gasteiger partial charge in [-0.25, -0.2) is 0 Å². The SMILES string of the molecule is CC(C)(C)C1=CC(=[N+]=[N-])N=N1. The Hall–Kier alpha value is -1.28. The minimum Gasteiger partial charge on any atom is -0.497 e. The maximum Gasteiger partial charge on any atom is 0.428 e. The van der Waals surface area contributed by atoms with E-state index in [4.69, 9.17) is 5.53 Å². The maximum absolute atomic E-state index is 8.34. The molecule has 0 spiro atoms. The van der Waals surface area contributed by atoms with Crippen LogP contribution in [0.5, 0.6) is 0 Å². The molecule has 0 unspecified atom stereocenters. The molecule has 4 nitrogen and oxygen atoms in total. The first-order valence-corrected chi connectivity index (χ1v) is 3.40. The summed E-state index contributed by atoms with van der Waals surface area (Å²) in [6.45, 7) is 6.08. The summed E-state index contributed by atoms with van der Waals surface area (Å²) >= 11 is 0. The summed E-state index contributed by atoms with van der Waals surface area (Å²) in [5.41, 5.74) is 9.15. The van der Waals surface area contributed by atoms with Crippen molar-refractivity contribution >= 4 is 5.84 Å². The number of rotatable bonds is 0. The van der Waals surface area contributed by atoms with Crippen molar-refractivity contribution in [3.63, 3.8) is 0 Å². The van der Waals surface area contributed by atoms with E-state index in [-0.39, 0.29) is 11.3 Å². The Morgan fingerprint density at radius 2 is 2.00 bits per heavy atom. The molecule has 0 N–H and O–H groups in total. The second-order valence-corrected chi connectivity index (χ2v) is 3.44. The van der Waals surface area contributed by atoms with Crippen molar-refractivity contribution in [2.45, 2.75) is 20.8 Å². The van der Waals surface area contributed by atoms with E-state index < -0.39 is 0 Å². The summed E-state index contributed by atoms with van der Waals surface area (Å²) in [4.78, 5) is 2.93. The van der Waals surface area contributed by atoms with E-state index in [1.165, 1.54) is 0 Å². The zero-order valence-corrected chi connectivity index (χ0v) is 6.87. The van der Waals surface area contributed by atoms with Crippen LogP contribution in [0.1, 0.15) is 20.8 Å². The lowest BCUT2D eigenvalue weighted by molar-refractivity contribution is -0.00492. The molecule has 0 atom stereocenters. The second kappa shape index (κ2) is 2.40. The van der Waals surface area contributed by atoms with Gasteiger partial charge in [0.2, 0.25) is 0 Å². The number of azo groups is 1. The number of nitrogens with zero attached hydrogens (tertiary/aromatic N) is 4. The standard InChI is InChI=1S/C7H10N4/c1-7(2,3)5-4-6(9-8)11-10-5/h4H,1-3H3. The van der Waals surface area contributed by atoms with Crippen molar-refractivity contribution in [2.24, 2.45) is 15.6 Å². The summed E-state index contributed by atoms with van der Waals surface area (Å²) in [7, 11) is 0. The number of allylic oxidation sites excluding steroid dienone is 1. The van der Waals surface area contributed by atoms with Crippen molar-refractivity contribution in [3.8, 4) is 0 Å². The molecule has 0 bridgehead atoms. The molecule has 0 fully saturated rings. The van der Waals surface area contributed by atoms with Gasteiger partial charge in [-0.05, 0) is 5.11 Å². The van der Waals surface area contributed by atoms with E-state index >= 15 is 0 Å². The fourth-order valence-corrected chi connectivity index (χ4v) is 0.700. The quantitative estimate of drug-likeness (QED) is 0.374. The second-order valence-electron chi connectivity index (χ2n) is 3.44. The van der Waals surface area contributed by atoms with Gasteiger partial charge in [0.15, 0.2) is 0 Å². The van der Waals surface area contributed by atoms with Gasteiger partial charge in [-0.1, -0.05) is 20.8 Å². The van der Waals surface area contributed by atoms with Crippen molar-refractivity contribution in [2.75, 3.05) is 0 Å². The van der Waals surface area contributed by atoms with Crippen LogP contribution in [0.15, 0.2) is 22.0 Å². The molecule has 0 radical (unpaired) electrons. The molecule has 4 heteroatoms. The predicted octanol–water partition coefficient (Wildman–Crippen LogP) is 2.01. The van der Waals surface area contributed by atoms with Crippen LogP contribution in [0, 0.1) is 5.41 Å². The van der Waals surface area contributed by atoms with Crippen LogP contribution >= 0.6 is 0 Å². The summed E-state index contributed by atoms with van der Waals surface area (Å²) in [5.74, 6) is 0.273. The average molecular weight is 150 g/mol. The Balaban J connectivity index is 2.98. The molecule has 0 aliphatic carbocycles. The van der Waals surface area contributed by atoms with E-state index in [1.807, 2.05) is 20.8 Å². The molecule has 0 amide bonds. The Labute approximate surface area is 65.3 Å². The maximum atomic E-state index is 8.34. The monoisotopic (exact) mass is 150 g/mol. The fourth-order valence-electron chi connectivity index (χ4n) is 0.700. The zero-order valence-electron chi connectivity index (χ0n) is 6.87. The number of amidine groups is 1. The largest absolute Gasteiger partial charge is 0.497 e. The van der Waals surface area contributed by atoms with Crippen molar-refractivity contribution < 1.29 is 4.79 Å². The summed E-state index contributed by atoms with van der Waals surface area (Å²) < 4.78 is 0. The molecule has 0 aromatic heterocycles. The van der Waals surface area contributed by atoms with Crippen LogP contribution in [0.25, 0.3) is 5.53 Å². The van der Waals surface area contributed by atoms with Crippen LogP contribution < -0.4 is 0 Å². The minimum atomic E-state index is -0.0318. The molecule has 0 saturated carbocycles. The molecule has 0 aromatic carbocycles. The molecular formula is C7H10N4. The summed E-state index contributed by atoms with van der Waals surface area (Å²) in [5, 5.41) is 7.49. The topological polar surface area (TPSA) is 61.1 Å². The first-order chi connectivity index (χ1) is 5.04. The predicted molar refractivity (Wildman–Crippen MR) is 41.0 cm³/mol. The van der Waals surface area contributed by atoms with E-state index in [1.54, 1.807) is 6.08 Å². The third-order valence-corrected chi connectivity index (χ3v) is 1.40. The highest BCUT2D eigenvalue weighted by molar-refractivity contribution is 5.90. The average Bonchev–Trinajstić information content (AvgIpc) is 2.32. The molecule has 11 heavy (non-hydrogen) atoms. The van der Waals surface area contributed by atoms with E-state index in [9.17, 15) is 0 Å². The van der Waals surface area contributed by atoms with Gasteiger partial charge in [0.05, 0.1) is 11.2 Å². The zero-order chi connectivity index (χ0) is 8.48. The lowest BCUT2D eigenvalue weighted by Crippen LogP contribution is -2.06. The van der Waals surface area contributed by atoms with Crippen LogP contribution in [0.2, 0.25) is 0 Å². The van der Waals surface area contributed by atoms with Gasteiger partial charge in [-0.2, -0.15) is 0 Å². The van der Waals surface area contributed by atoms with Gasteiger partial charge >= 0.3 is 5.84 Å². The fraction of sp³-hybridized carbons (Fsp3) is 0.571. The number of hydrogen-bond acceptors (Lipinski definition) is 1. The van der Waals surface area contributed by atoms with Crippen molar-refractivity contribution in [1.29, 1.82) is 0 Å². The third kappa shape index (κ3) is 1.59. The molecule has 1 aliphatic rings. The Morgan fingerprint density at radius 3 is 2.27 bits per heavy atom. The van der Waals surface area contributed by atoms with Crippen molar-refractivity contribution in [1.82, 2.24) is 0 Å². The van der Waals surface area contributed by atoms with Crippen molar-refractivity contribution in [3.05, 3.63) is 17.3 Å². The Morgan fingerprint density at radius 1 is 1.36 bits per heavy atom. The Bertz CT molecular complexity index is 273.